The number of aliphatic hydroxyl groups excluding tert-OH is 2. The summed E-state index contributed by atoms with van der Waals surface area (Å²) in [4.78, 5) is 0. The predicted octanol–water partition coefficient (Wildman–Crippen LogP) is -0.111. The van der Waals surface area contributed by atoms with Crippen LogP contribution in [0.3, 0.4) is 0 Å². The van der Waals surface area contributed by atoms with Gasteiger partial charge >= 0.3 is 0 Å². The lowest BCUT2D eigenvalue weighted by Crippen LogP contribution is -2.71. The third kappa shape index (κ3) is 1.26. The van der Waals surface area contributed by atoms with Crippen molar-refractivity contribution >= 4 is 12.4 Å². The van der Waals surface area contributed by atoms with Crippen LogP contribution in [0.25, 0.3) is 0 Å². The molecule has 0 radical (unpaired) electrons. The zero-order chi connectivity index (χ0) is 7.99. The van der Waals surface area contributed by atoms with Crippen LogP contribution in [0.2, 0.25) is 0 Å². The van der Waals surface area contributed by atoms with Gasteiger partial charge in [-0.1, -0.05) is 13.8 Å². The Morgan fingerprint density at radius 2 is 2.00 bits per heavy atom. The van der Waals surface area contributed by atoms with Crippen LogP contribution in [0.5, 0.6) is 0 Å². The van der Waals surface area contributed by atoms with E-state index in [4.69, 9.17) is 10.8 Å². The lowest BCUT2D eigenvalue weighted by molar-refractivity contribution is -0.133. The van der Waals surface area contributed by atoms with Crippen molar-refractivity contribution in [2.24, 2.45) is 11.1 Å². The highest BCUT2D eigenvalue weighted by Crippen LogP contribution is 2.47. The van der Waals surface area contributed by atoms with E-state index < -0.39 is 5.54 Å². The summed E-state index contributed by atoms with van der Waals surface area (Å²) in [5.74, 6) is 0. The second kappa shape index (κ2) is 2.90. The molecule has 4 N–H and O–H groups in total. The molecule has 0 amide bonds. The number of hydrogen-bond acceptors (Lipinski definition) is 3. The Kier molecular flexibility index (Phi) is 2.95. The van der Waals surface area contributed by atoms with Gasteiger partial charge in [0.1, 0.15) is 0 Å². The first-order chi connectivity index (χ1) is 4.44. The van der Waals surface area contributed by atoms with E-state index in [1.807, 2.05) is 13.8 Å². The quantitative estimate of drug-likeness (QED) is 0.529. The fourth-order valence-electron chi connectivity index (χ4n) is 1.33. The summed E-state index contributed by atoms with van der Waals surface area (Å²) < 4.78 is 0. The Labute approximate surface area is 73.0 Å². The van der Waals surface area contributed by atoms with Crippen LogP contribution < -0.4 is 5.73 Å². The molecule has 0 aromatic rings. The van der Waals surface area contributed by atoms with E-state index in [1.165, 1.54) is 0 Å². The fraction of sp³-hybridized carbons (Fsp3) is 1.00. The first kappa shape index (κ1) is 11.2. The van der Waals surface area contributed by atoms with Crippen molar-refractivity contribution < 1.29 is 10.2 Å². The molecular formula is C7H16ClNO2. The molecule has 0 spiro atoms. The van der Waals surface area contributed by atoms with Crippen LogP contribution in [0.1, 0.15) is 20.3 Å². The molecule has 4 heteroatoms. The number of rotatable bonds is 1. The Morgan fingerprint density at radius 1 is 1.55 bits per heavy atom. The molecule has 0 heterocycles. The Morgan fingerprint density at radius 3 is 2.09 bits per heavy atom. The van der Waals surface area contributed by atoms with E-state index >= 15 is 0 Å². The number of aliphatic hydroxyl groups is 2. The second-order valence-electron chi connectivity index (χ2n) is 3.76. The van der Waals surface area contributed by atoms with Gasteiger partial charge in [-0.25, -0.2) is 0 Å². The SMILES string of the molecule is CC1(C)[C@@H](O)C[C@]1(N)CO.Cl. The molecule has 1 aliphatic rings. The highest BCUT2D eigenvalue weighted by molar-refractivity contribution is 5.85. The third-order valence-electron chi connectivity index (χ3n) is 2.96. The molecule has 0 aliphatic heterocycles. The van der Waals surface area contributed by atoms with Crippen molar-refractivity contribution in [3.8, 4) is 0 Å². The first-order valence-electron chi connectivity index (χ1n) is 3.52. The maximum absolute atomic E-state index is 9.25. The fourth-order valence-corrected chi connectivity index (χ4v) is 1.33. The normalized spacial score (nSPS) is 40.6. The van der Waals surface area contributed by atoms with Crippen LogP contribution in [-0.2, 0) is 0 Å². The summed E-state index contributed by atoms with van der Waals surface area (Å²) in [5, 5.41) is 18.1. The lowest BCUT2D eigenvalue weighted by Gasteiger charge is -2.56. The Balaban J connectivity index is 0.000001000. The standard InChI is InChI=1S/C7H15NO2.ClH/c1-6(2)5(10)3-7(6,8)4-9;/h5,9-10H,3-4,8H2,1-2H3;1H/t5-,7-;/m0./s1. The van der Waals surface area contributed by atoms with Gasteiger partial charge in [0.15, 0.2) is 0 Å². The van der Waals surface area contributed by atoms with Gasteiger partial charge in [-0.15, -0.1) is 12.4 Å². The minimum atomic E-state index is -0.563. The number of halogens is 1. The van der Waals surface area contributed by atoms with Gasteiger partial charge in [0.05, 0.1) is 12.7 Å². The third-order valence-corrected chi connectivity index (χ3v) is 2.96. The van der Waals surface area contributed by atoms with Crippen LogP contribution in [0.4, 0.5) is 0 Å². The molecule has 1 aliphatic carbocycles. The average molecular weight is 182 g/mol. The van der Waals surface area contributed by atoms with Crippen molar-refractivity contribution in [2.75, 3.05) is 6.61 Å². The zero-order valence-corrected chi connectivity index (χ0v) is 7.69. The molecule has 68 valence electrons. The molecule has 0 aromatic heterocycles. The highest BCUT2D eigenvalue weighted by atomic mass is 35.5. The van der Waals surface area contributed by atoms with Gasteiger partial charge < -0.3 is 15.9 Å². The van der Waals surface area contributed by atoms with Crippen molar-refractivity contribution in [1.29, 1.82) is 0 Å². The lowest BCUT2D eigenvalue weighted by atomic mass is 9.55. The van der Waals surface area contributed by atoms with E-state index in [-0.39, 0.29) is 30.5 Å². The Bertz CT molecular complexity index is 149. The predicted molar refractivity (Wildman–Crippen MR) is 45.7 cm³/mol. The number of hydrogen-bond donors (Lipinski definition) is 3. The maximum Gasteiger partial charge on any atom is 0.0628 e. The smallest absolute Gasteiger partial charge is 0.0628 e. The van der Waals surface area contributed by atoms with Gasteiger partial charge in [0, 0.05) is 11.0 Å². The average Bonchev–Trinajstić information content (AvgIpc) is 1.88. The summed E-state index contributed by atoms with van der Waals surface area (Å²) in [6, 6.07) is 0. The molecule has 0 saturated heterocycles. The van der Waals surface area contributed by atoms with Crippen molar-refractivity contribution in [1.82, 2.24) is 0 Å². The minimum absolute atomic E-state index is 0. The molecule has 0 unspecified atom stereocenters. The number of nitrogens with two attached hydrogens (primary N) is 1. The molecule has 1 saturated carbocycles. The molecule has 1 fully saturated rings. The van der Waals surface area contributed by atoms with Gasteiger partial charge in [-0.3, -0.25) is 0 Å². The molecule has 0 bridgehead atoms. The molecule has 2 atom stereocenters. The molecule has 0 aromatic carbocycles. The van der Waals surface area contributed by atoms with Crippen LogP contribution >= 0.6 is 12.4 Å². The molecule has 11 heavy (non-hydrogen) atoms. The molecule has 1 rings (SSSR count). The minimum Gasteiger partial charge on any atom is -0.394 e. The van der Waals surface area contributed by atoms with Crippen molar-refractivity contribution in [3.05, 3.63) is 0 Å². The Hall–Kier alpha value is 0.170. The van der Waals surface area contributed by atoms with Gasteiger partial charge in [-0.2, -0.15) is 0 Å². The highest BCUT2D eigenvalue weighted by Gasteiger charge is 2.56. The first-order valence-corrected chi connectivity index (χ1v) is 3.52. The topological polar surface area (TPSA) is 66.5 Å². The van der Waals surface area contributed by atoms with Crippen molar-refractivity contribution in [3.63, 3.8) is 0 Å². The van der Waals surface area contributed by atoms with Crippen LogP contribution in [0.15, 0.2) is 0 Å². The van der Waals surface area contributed by atoms with E-state index in [0.717, 1.165) is 0 Å². The largest absolute Gasteiger partial charge is 0.394 e. The summed E-state index contributed by atoms with van der Waals surface area (Å²) in [6.45, 7) is 3.70. The zero-order valence-electron chi connectivity index (χ0n) is 6.87. The van der Waals surface area contributed by atoms with Gasteiger partial charge in [0.2, 0.25) is 0 Å². The van der Waals surface area contributed by atoms with E-state index in [9.17, 15) is 5.11 Å². The van der Waals surface area contributed by atoms with Crippen LogP contribution in [0, 0.1) is 5.41 Å². The van der Waals surface area contributed by atoms with E-state index in [1.54, 1.807) is 0 Å². The second-order valence-corrected chi connectivity index (χ2v) is 3.76. The van der Waals surface area contributed by atoms with Gasteiger partial charge in [0.25, 0.3) is 0 Å². The summed E-state index contributed by atoms with van der Waals surface area (Å²) in [6.07, 6.45) is 0.154. The summed E-state index contributed by atoms with van der Waals surface area (Å²) >= 11 is 0. The summed E-state index contributed by atoms with van der Waals surface area (Å²) in [7, 11) is 0. The van der Waals surface area contributed by atoms with Crippen LogP contribution in [-0.4, -0.2) is 28.5 Å². The monoisotopic (exact) mass is 181 g/mol. The maximum atomic E-state index is 9.25. The molecule has 3 nitrogen and oxygen atoms in total. The van der Waals surface area contributed by atoms with E-state index in [0.29, 0.717) is 6.42 Å². The van der Waals surface area contributed by atoms with Gasteiger partial charge in [-0.05, 0) is 6.42 Å². The molecular weight excluding hydrogens is 166 g/mol. The van der Waals surface area contributed by atoms with E-state index in [2.05, 4.69) is 0 Å². The summed E-state index contributed by atoms with van der Waals surface area (Å²) in [5.41, 5.74) is 4.87. The van der Waals surface area contributed by atoms with Crippen molar-refractivity contribution in [2.45, 2.75) is 31.9 Å².